The Morgan fingerprint density at radius 1 is 1.19 bits per heavy atom. The maximum atomic E-state index is 11.9. The monoisotopic (exact) mass is 608 g/mol. The highest BCUT2D eigenvalue weighted by Crippen LogP contribution is 2.61. The maximum Gasteiger partial charge on any atom is 0.471 e. The van der Waals surface area contributed by atoms with Gasteiger partial charge in [-0.3, -0.25) is 19.4 Å². The third-order valence-electron chi connectivity index (χ3n) is 6.99. The van der Waals surface area contributed by atoms with Gasteiger partial charge in [0.1, 0.15) is 12.6 Å². The number of fused-ring (bicyclic) bond motifs is 2. The summed E-state index contributed by atoms with van der Waals surface area (Å²) in [6.07, 6.45) is 0.356. The first-order valence-electron chi connectivity index (χ1n) is 13.7. The van der Waals surface area contributed by atoms with Crippen LogP contribution < -0.4 is 15.4 Å². The molecule has 3 atom stereocenters. The van der Waals surface area contributed by atoms with E-state index in [1.54, 1.807) is 37.1 Å². The average molecular weight is 609 g/mol. The van der Waals surface area contributed by atoms with Crippen LogP contribution >= 0.6 is 0 Å². The number of rotatable bonds is 9. The zero-order chi connectivity index (χ0) is 32.4. The molecule has 14 heteroatoms. The predicted molar refractivity (Wildman–Crippen MR) is 151 cm³/mol. The summed E-state index contributed by atoms with van der Waals surface area (Å²) in [5.74, 6) is -0.370. The largest absolute Gasteiger partial charge is 0.475 e. The fourth-order valence-electron chi connectivity index (χ4n) is 4.57. The molecular formula is C29H39F3N6O5. The summed E-state index contributed by atoms with van der Waals surface area (Å²) in [6.45, 7) is 12.2. The summed E-state index contributed by atoms with van der Waals surface area (Å²) >= 11 is 0. The Morgan fingerprint density at radius 2 is 1.81 bits per heavy atom. The highest BCUT2D eigenvalue weighted by molar-refractivity contribution is 5.88. The van der Waals surface area contributed by atoms with Crippen molar-refractivity contribution in [3.8, 4) is 11.9 Å². The van der Waals surface area contributed by atoms with Gasteiger partial charge in [0.15, 0.2) is 0 Å². The Hall–Kier alpha value is -3.99. The molecule has 2 aromatic rings. The van der Waals surface area contributed by atoms with E-state index in [0.717, 1.165) is 16.7 Å². The minimum Gasteiger partial charge on any atom is -0.475 e. The molecule has 2 aromatic heterocycles. The molecule has 1 aliphatic heterocycles. The summed E-state index contributed by atoms with van der Waals surface area (Å²) in [5.41, 5.74) is 0.840. The van der Waals surface area contributed by atoms with E-state index in [-0.39, 0.29) is 5.41 Å². The average Bonchev–Trinajstić information content (AvgIpc) is 3.25. The molecule has 43 heavy (non-hydrogen) atoms. The van der Waals surface area contributed by atoms with Crippen molar-refractivity contribution in [2.24, 2.45) is 23.2 Å². The number of hydrogen-bond donors (Lipinski definition) is 2. The molecule has 3 amide bonds. The predicted octanol–water partition coefficient (Wildman–Crippen LogP) is 3.41. The number of nitriles is 1. The van der Waals surface area contributed by atoms with Gasteiger partial charge in [-0.1, -0.05) is 34.6 Å². The number of carbonyl (C=O) groups excluding carboxylic acids is 3. The van der Waals surface area contributed by atoms with E-state index in [1.807, 2.05) is 6.07 Å². The van der Waals surface area contributed by atoms with Crippen LogP contribution in [0.4, 0.5) is 13.2 Å². The fraction of sp³-hybridized carbons (Fsp3) is 0.586. The number of pyridine rings is 2. The Kier molecular flexibility index (Phi) is 12.7. The van der Waals surface area contributed by atoms with Gasteiger partial charge in [0.05, 0.1) is 19.2 Å². The van der Waals surface area contributed by atoms with Gasteiger partial charge in [-0.25, -0.2) is 4.98 Å². The number of aromatic nitrogens is 2. The number of piperidine rings is 1. The van der Waals surface area contributed by atoms with Crippen molar-refractivity contribution in [1.82, 2.24) is 25.5 Å². The van der Waals surface area contributed by atoms with Gasteiger partial charge in [0.2, 0.25) is 18.2 Å². The van der Waals surface area contributed by atoms with Crippen molar-refractivity contribution >= 4 is 29.0 Å². The lowest BCUT2D eigenvalue weighted by Crippen LogP contribution is -2.44. The Labute approximate surface area is 249 Å². The third kappa shape index (κ3) is 10.1. The number of likely N-dealkylation sites (tertiary alicyclic amines) is 1. The first kappa shape index (κ1) is 35.2. The quantitative estimate of drug-likeness (QED) is 0.325. The molecular weight excluding hydrogens is 569 g/mol. The van der Waals surface area contributed by atoms with E-state index in [4.69, 9.17) is 14.7 Å². The second-order valence-electron chi connectivity index (χ2n) is 11.4. The van der Waals surface area contributed by atoms with E-state index < -0.39 is 30.6 Å². The molecule has 0 spiro atoms. The molecule has 236 valence electrons. The number of ether oxygens (including phenoxy) is 2. The van der Waals surface area contributed by atoms with Crippen LogP contribution in [0.1, 0.15) is 46.2 Å². The van der Waals surface area contributed by atoms with Crippen LogP contribution in [0, 0.1) is 34.5 Å². The minimum atomic E-state index is -4.94. The van der Waals surface area contributed by atoms with E-state index in [9.17, 15) is 27.6 Å². The number of hydrogen-bond acceptors (Lipinski definition) is 8. The molecule has 1 aliphatic carbocycles. The zero-order valence-corrected chi connectivity index (χ0v) is 25.2. The summed E-state index contributed by atoms with van der Waals surface area (Å²) < 4.78 is 46.1. The molecule has 11 nitrogen and oxygen atoms in total. The SMILES string of the molecule is CC(C)C.CC1(C)C2CN(C(=O)CNC(=O)C(F)(F)F)CC21.COCCOc1cc2c(C(C#N)NC=O)cncc2cn1. The van der Waals surface area contributed by atoms with Crippen molar-refractivity contribution < 1.29 is 37.0 Å². The number of amides is 3. The van der Waals surface area contributed by atoms with Gasteiger partial charge in [-0.2, -0.15) is 18.4 Å². The lowest BCUT2D eigenvalue weighted by atomic mass is 10.0. The van der Waals surface area contributed by atoms with Gasteiger partial charge < -0.3 is 25.0 Å². The first-order valence-corrected chi connectivity index (χ1v) is 13.7. The molecule has 3 heterocycles. The number of alkyl halides is 3. The highest BCUT2D eigenvalue weighted by atomic mass is 19.4. The van der Waals surface area contributed by atoms with E-state index in [0.29, 0.717) is 56.0 Å². The van der Waals surface area contributed by atoms with Gasteiger partial charge in [0, 0.05) is 55.8 Å². The van der Waals surface area contributed by atoms with Crippen LogP contribution in [0.2, 0.25) is 0 Å². The molecule has 1 saturated heterocycles. The lowest BCUT2D eigenvalue weighted by molar-refractivity contribution is -0.174. The molecule has 0 bridgehead atoms. The fourth-order valence-corrected chi connectivity index (χ4v) is 4.57. The number of nitrogens with zero attached hydrogens (tertiary/aromatic N) is 4. The Bertz CT molecular complexity index is 1280. The normalized spacial score (nSPS) is 18.6. The zero-order valence-electron chi connectivity index (χ0n) is 25.2. The molecule has 0 aromatic carbocycles. The summed E-state index contributed by atoms with van der Waals surface area (Å²) in [7, 11) is 1.59. The van der Waals surface area contributed by atoms with E-state index in [1.165, 1.54) is 4.90 Å². The van der Waals surface area contributed by atoms with Gasteiger partial charge in [-0.05, 0) is 28.6 Å². The minimum absolute atomic E-state index is 0.242. The number of nitrogens with one attached hydrogen (secondary N) is 2. The Balaban J connectivity index is 0.000000269. The molecule has 2 N–H and O–H groups in total. The van der Waals surface area contributed by atoms with E-state index in [2.05, 4.69) is 49.9 Å². The van der Waals surface area contributed by atoms with Crippen molar-refractivity contribution in [3.05, 3.63) is 30.2 Å². The van der Waals surface area contributed by atoms with Crippen LogP contribution in [-0.4, -0.2) is 79.2 Å². The molecule has 4 rings (SSSR count). The molecule has 2 aliphatic rings. The summed E-state index contributed by atoms with van der Waals surface area (Å²) in [5, 5.41) is 14.7. The van der Waals surface area contributed by atoms with Gasteiger partial charge in [-0.15, -0.1) is 0 Å². The van der Waals surface area contributed by atoms with Gasteiger partial charge in [0.25, 0.3) is 0 Å². The van der Waals surface area contributed by atoms with Crippen molar-refractivity contribution in [2.45, 2.75) is 46.8 Å². The standard InChI is InChI=1S/C14H14N4O3.C11H15F3N2O2.C4H10/c1-20-2-3-21-14-4-11-10(7-17-14)6-16-8-12(11)13(5-15)18-9-19;1-10(2)6-4-16(5-7(6)10)8(17)3-15-9(18)11(12,13)14;1-4(2)3/h4,6-9,13H,2-3H2,1H3,(H,18,19);6-7H,3-5H2,1-2H3,(H,15,18);4H,1-3H3. The van der Waals surface area contributed by atoms with Crippen LogP contribution in [-0.2, 0) is 19.1 Å². The number of carbonyl (C=O) groups is 3. The second kappa shape index (κ2) is 15.5. The number of halogens is 3. The summed E-state index contributed by atoms with van der Waals surface area (Å²) in [4.78, 5) is 42.5. The first-order chi connectivity index (χ1) is 20.2. The Morgan fingerprint density at radius 3 is 2.35 bits per heavy atom. The molecule has 2 fully saturated rings. The van der Waals surface area contributed by atoms with Crippen LogP contribution in [0.3, 0.4) is 0 Å². The topological polar surface area (TPSA) is 147 Å². The third-order valence-corrected chi connectivity index (χ3v) is 6.99. The van der Waals surface area contributed by atoms with Crippen molar-refractivity contribution in [1.29, 1.82) is 5.26 Å². The van der Waals surface area contributed by atoms with Crippen molar-refractivity contribution in [2.75, 3.05) is 40.0 Å². The van der Waals surface area contributed by atoms with Crippen LogP contribution in [0.25, 0.3) is 10.8 Å². The maximum absolute atomic E-state index is 11.9. The van der Waals surface area contributed by atoms with Crippen LogP contribution in [0.5, 0.6) is 5.88 Å². The lowest BCUT2D eigenvalue weighted by Gasteiger charge is -2.22. The highest BCUT2D eigenvalue weighted by Gasteiger charge is 2.62. The number of methoxy groups -OCH3 is 1. The molecule has 0 radical (unpaired) electrons. The van der Waals surface area contributed by atoms with Crippen LogP contribution in [0.15, 0.2) is 24.7 Å². The second-order valence-corrected chi connectivity index (χ2v) is 11.4. The molecule has 3 unspecified atom stereocenters. The van der Waals surface area contributed by atoms with Crippen molar-refractivity contribution in [3.63, 3.8) is 0 Å². The van der Waals surface area contributed by atoms with Gasteiger partial charge >= 0.3 is 12.1 Å². The van der Waals surface area contributed by atoms with E-state index >= 15 is 0 Å². The smallest absolute Gasteiger partial charge is 0.471 e. The molecule has 1 saturated carbocycles. The summed E-state index contributed by atoms with van der Waals surface area (Å²) in [6, 6.07) is 2.97.